The maximum Gasteiger partial charge on any atom is 0.0519 e. The van der Waals surface area contributed by atoms with E-state index in [1.807, 2.05) is 0 Å². The van der Waals surface area contributed by atoms with Crippen molar-refractivity contribution in [2.75, 3.05) is 9.80 Å². The number of para-hydroxylation sites is 2. The molecule has 242 valence electrons. The molecule has 0 fully saturated rings. The highest BCUT2D eigenvalue weighted by molar-refractivity contribution is 5.92. The van der Waals surface area contributed by atoms with Crippen LogP contribution in [0, 0.1) is 27.7 Å². The minimum atomic E-state index is 1.13. The second-order valence-corrected chi connectivity index (χ2v) is 13.3. The van der Waals surface area contributed by atoms with E-state index in [0.717, 1.165) is 22.7 Å². The summed E-state index contributed by atoms with van der Waals surface area (Å²) >= 11 is 0. The van der Waals surface area contributed by atoms with Gasteiger partial charge in [0.1, 0.15) is 0 Å². The molecule has 2 heteroatoms. The second-order valence-electron chi connectivity index (χ2n) is 13.3. The van der Waals surface area contributed by atoms with Crippen LogP contribution in [0.1, 0.15) is 22.3 Å². The first-order valence-corrected chi connectivity index (χ1v) is 17.4. The SMILES string of the molecule is Cc1cccc(C)c1N(c1ccc(-c2ccc(N(c3ccc4ccccc4c3)c3c(C)cccc3C)cc2)cc1)c1ccc2ccccc2c1. The van der Waals surface area contributed by atoms with Crippen molar-refractivity contribution < 1.29 is 0 Å². The van der Waals surface area contributed by atoms with Gasteiger partial charge < -0.3 is 9.80 Å². The molecule has 0 bridgehead atoms. The van der Waals surface area contributed by atoms with Gasteiger partial charge >= 0.3 is 0 Å². The minimum Gasteiger partial charge on any atom is -0.310 e. The fraction of sp³-hybridized carbons (Fsp3) is 0.0833. The molecular formula is C48H40N2. The molecule has 0 amide bonds. The fourth-order valence-corrected chi connectivity index (χ4v) is 7.37. The van der Waals surface area contributed by atoms with E-state index < -0.39 is 0 Å². The summed E-state index contributed by atoms with van der Waals surface area (Å²) in [5, 5.41) is 4.95. The Balaban J connectivity index is 1.17. The Kier molecular flexibility index (Phi) is 8.14. The maximum atomic E-state index is 2.40. The Bertz CT molecular complexity index is 2260. The zero-order chi connectivity index (χ0) is 34.2. The molecule has 0 aliphatic rings. The minimum absolute atomic E-state index is 1.13. The quantitative estimate of drug-likeness (QED) is 0.170. The van der Waals surface area contributed by atoms with Crippen LogP contribution in [0.25, 0.3) is 32.7 Å². The molecule has 0 radical (unpaired) electrons. The van der Waals surface area contributed by atoms with E-state index in [1.165, 1.54) is 66.3 Å². The Hall–Kier alpha value is -6.12. The molecule has 0 aromatic heterocycles. The van der Waals surface area contributed by atoms with Crippen molar-refractivity contribution in [3.05, 3.63) is 192 Å². The van der Waals surface area contributed by atoms with E-state index in [4.69, 9.17) is 0 Å². The molecule has 8 aromatic carbocycles. The van der Waals surface area contributed by atoms with Gasteiger partial charge in [-0.05, 0) is 131 Å². The van der Waals surface area contributed by atoms with E-state index >= 15 is 0 Å². The molecule has 0 saturated carbocycles. The average Bonchev–Trinajstić information content (AvgIpc) is 3.15. The molecule has 0 aliphatic heterocycles. The van der Waals surface area contributed by atoms with Crippen LogP contribution < -0.4 is 9.80 Å². The molecule has 8 rings (SSSR count). The zero-order valence-corrected chi connectivity index (χ0v) is 29.1. The van der Waals surface area contributed by atoms with Crippen molar-refractivity contribution in [1.82, 2.24) is 0 Å². The van der Waals surface area contributed by atoms with Gasteiger partial charge in [-0.2, -0.15) is 0 Å². The number of aryl methyl sites for hydroxylation is 4. The number of hydrogen-bond donors (Lipinski definition) is 0. The summed E-state index contributed by atoms with van der Waals surface area (Å²) in [5.41, 5.74) is 14.4. The summed E-state index contributed by atoms with van der Waals surface area (Å²) in [4.78, 5) is 4.80. The van der Waals surface area contributed by atoms with Crippen LogP contribution in [-0.2, 0) is 0 Å². The van der Waals surface area contributed by atoms with Crippen molar-refractivity contribution in [3.63, 3.8) is 0 Å². The predicted octanol–water partition coefficient (Wildman–Crippen LogP) is 13.8. The van der Waals surface area contributed by atoms with E-state index in [0.29, 0.717) is 0 Å². The number of rotatable bonds is 7. The van der Waals surface area contributed by atoms with Crippen molar-refractivity contribution in [3.8, 4) is 11.1 Å². The highest BCUT2D eigenvalue weighted by Gasteiger charge is 2.19. The van der Waals surface area contributed by atoms with Crippen LogP contribution in [0.5, 0.6) is 0 Å². The predicted molar refractivity (Wildman–Crippen MR) is 215 cm³/mol. The third kappa shape index (κ3) is 5.80. The van der Waals surface area contributed by atoms with Crippen molar-refractivity contribution in [2.45, 2.75) is 27.7 Å². The number of fused-ring (bicyclic) bond motifs is 2. The van der Waals surface area contributed by atoms with Crippen LogP contribution in [-0.4, -0.2) is 0 Å². The molecule has 0 unspecified atom stereocenters. The van der Waals surface area contributed by atoms with Gasteiger partial charge in [0.2, 0.25) is 0 Å². The Labute approximate surface area is 295 Å². The molecule has 0 spiro atoms. The van der Waals surface area contributed by atoms with Gasteiger partial charge in [0, 0.05) is 22.7 Å². The Morgan fingerprint density at radius 1 is 0.280 bits per heavy atom. The molecule has 2 nitrogen and oxygen atoms in total. The molecule has 8 aromatic rings. The fourth-order valence-electron chi connectivity index (χ4n) is 7.37. The van der Waals surface area contributed by atoms with Gasteiger partial charge in [-0.15, -0.1) is 0 Å². The molecular weight excluding hydrogens is 605 g/mol. The third-order valence-electron chi connectivity index (χ3n) is 9.89. The molecule has 50 heavy (non-hydrogen) atoms. The van der Waals surface area contributed by atoms with Crippen LogP contribution in [0.15, 0.2) is 170 Å². The molecule has 0 saturated heterocycles. The lowest BCUT2D eigenvalue weighted by molar-refractivity contribution is 1.22. The summed E-state index contributed by atoms with van der Waals surface area (Å²) in [5.74, 6) is 0. The smallest absolute Gasteiger partial charge is 0.0519 e. The third-order valence-corrected chi connectivity index (χ3v) is 9.89. The normalized spacial score (nSPS) is 11.2. The standard InChI is InChI=1S/C48H40N2/c1-33-11-9-12-34(2)47(33)49(45-29-23-37-15-5-7-17-41(37)31-45)43-25-19-39(20-26-43)40-21-27-44(28-22-40)50(48-35(3)13-10-14-36(48)4)46-30-24-38-16-6-8-18-42(38)32-46/h5-32H,1-4H3. The van der Waals surface area contributed by atoms with Crippen molar-refractivity contribution in [2.24, 2.45) is 0 Å². The van der Waals surface area contributed by atoms with E-state index in [-0.39, 0.29) is 0 Å². The Morgan fingerprint density at radius 3 is 0.960 bits per heavy atom. The van der Waals surface area contributed by atoms with Crippen molar-refractivity contribution >= 4 is 55.7 Å². The van der Waals surface area contributed by atoms with Crippen molar-refractivity contribution in [1.29, 1.82) is 0 Å². The summed E-state index contributed by atoms with van der Waals surface area (Å²) in [6, 6.07) is 61.7. The summed E-state index contributed by atoms with van der Waals surface area (Å²) in [7, 11) is 0. The first-order valence-electron chi connectivity index (χ1n) is 17.4. The number of anilines is 6. The maximum absolute atomic E-state index is 2.40. The first kappa shape index (κ1) is 31.2. The van der Waals surface area contributed by atoms with Gasteiger partial charge in [0.15, 0.2) is 0 Å². The number of nitrogens with zero attached hydrogens (tertiary/aromatic N) is 2. The van der Waals surface area contributed by atoms with E-state index in [9.17, 15) is 0 Å². The molecule has 0 N–H and O–H groups in total. The Morgan fingerprint density at radius 2 is 0.600 bits per heavy atom. The summed E-state index contributed by atoms with van der Waals surface area (Å²) in [6.45, 7) is 8.80. The molecule has 0 heterocycles. The van der Waals surface area contributed by atoms with Crippen LogP contribution >= 0.6 is 0 Å². The van der Waals surface area contributed by atoms with Gasteiger partial charge in [0.25, 0.3) is 0 Å². The number of hydrogen-bond acceptors (Lipinski definition) is 2. The van der Waals surface area contributed by atoms with E-state index in [2.05, 4.69) is 207 Å². The lowest BCUT2D eigenvalue weighted by Gasteiger charge is -2.29. The van der Waals surface area contributed by atoms with Crippen LogP contribution in [0.3, 0.4) is 0 Å². The van der Waals surface area contributed by atoms with Crippen LogP contribution in [0.2, 0.25) is 0 Å². The van der Waals surface area contributed by atoms with Gasteiger partial charge in [-0.1, -0.05) is 121 Å². The lowest BCUT2D eigenvalue weighted by atomic mass is 10.0. The lowest BCUT2D eigenvalue weighted by Crippen LogP contribution is -2.13. The van der Waals surface area contributed by atoms with Crippen LogP contribution in [0.4, 0.5) is 34.1 Å². The monoisotopic (exact) mass is 644 g/mol. The summed E-state index contributed by atoms with van der Waals surface area (Å²) in [6.07, 6.45) is 0. The van der Waals surface area contributed by atoms with Gasteiger partial charge in [0.05, 0.1) is 11.4 Å². The number of benzene rings is 8. The molecule has 0 aliphatic carbocycles. The molecule has 0 atom stereocenters. The highest BCUT2D eigenvalue weighted by atomic mass is 15.2. The largest absolute Gasteiger partial charge is 0.310 e. The first-order chi connectivity index (χ1) is 24.4. The van der Waals surface area contributed by atoms with Gasteiger partial charge in [-0.25, -0.2) is 0 Å². The summed E-state index contributed by atoms with van der Waals surface area (Å²) < 4.78 is 0. The topological polar surface area (TPSA) is 6.48 Å². The zero-order valence-electron chi connectivity index (χ0n) is 29.1. The van der Waals surface area contributed by atoms with E-state index in [1.54, 1.807) is 0 Å². The average molecular weight is 645 g/mol. The van der Waals surface area contributed by atoms with Gasteiger partial charge in [-0.3, -0.25) is 0 Å². The highest BCUT2D eigenvalue weighted by Crippen LogP contribution is 2.42. The second kappa shape index (κ2) is 13.1.